The fraction of sp³-hybridized carbons (Fsp3) is 0.292. The molecule has 154 valence electrons. The second-order valence-electron chi connectivity index (χ2n) is 7.78. The van der Waals surface area contributed by atoms with Gasteiger partial charge in [0.1, 0.15) is 5.92 Å². The van der Waals surface area contributed by atoms with Crippen LogP contribution >= 0.6 is 0 Å². The number of nitrogens with zero attached hydrogens (tertiary/aromatic N) is 1. The SMILES string of the molecule is COc1cc(C2C3=C(CC(c4ccccc4)CC3=O)N=C(C)C2C(=O)O)ccc1O. The zero-order valence-corrected chi connectivity index (χ0v) is 16.8. The molecule has 0 spiro atoms. The number of benzene rings is 2. The number of hydrogen-bond donors (Lipinski definition) is 2. The summed E-state index contributed by atoms with van der Waals surface area (Å²) in [4.78, 5) is 30.0. The lowest BCUT2D eigenvalue weighted by atomic mass is 9.69. The van der Waals surface area contributed by atoms with E-state index < -0.39 is 17.8 Å². The lowest BCUT2D eigenvalue weighted by Gasteiger charge is -2.36. The Bertz CT molecular complexity index is 1070. The Morgan fingerprint density at radius 1 is 1.10 bits per heavy atom. The molecule has 3 atom stereocenters. The second kappa shape index (κ2) is 7.78. The highest BCUT2D eigenvalue weighted by molar-refractivity contribution is 6.08. The van der Waals surface area contributed by atoms with E-state index in [1.165, 1.54) is 13.2 Å². The van der Waals surface area contributed by atoms with Crippen LogP contribution in [0.25, 0.3) is 0 Å². The van der Waals surface area contributed by atoms with E-state index >= 15 is 0 Å². The number of phenolic OH excluding ortho intramolecular Hbond substituents is 1. The number of carboxylic acid groups (broad SMARTS) is 1. The van der Waals surface area contributed by atoms with Gasteiger partial charge in [0.2, 0.25) is 0 Å². The Labute approximate surface area is 174 Å². The quantitative estimate of drug-likeness (QED) is 0.800. The number of carbonyl (C=O) groups is 2. The number of hydrogen-bond acceptors (Lipinski definition) is 5. The normalized spacial score (nSPS) is 23.6. The summed E-state index contributed by atoms with van der Waals surface area (Å²) in [6, 6.07) is 14.6. The number of allylic oxidation sites excluding steroid dienone is 2. The van der Waals surface area contributed by atoms with Crippen LogP contribution < -0.4 is 4.74 Å². The maximum atomic E-state index is 13.3. The van der Waals surface area contributed by atoms with E-state index in [1.54, 1.807) is 19.1 Å². The van der Waals surface area contributed by atoms with Gasteiger partial charge in [0.25, 0.3) is 0 Å². The van der Waals surface area contributed by atoms with Crippen LogP contribution in [0.4, 0.5) is 0 Å². The van der Waals surface area contributed by atoms with E-state index in [0.29, 0.717) is 35.4 Å². The molecule has 6 heteroatoms. The van der Waals surface area contributed by atoms with Crippen molar-refractivity contribution in [2.24, 2.45) is 10.9 Å². The first-order valence-electron chi connectivity index (χ1n) is 9.86. The van der Waals surface area contributed by atoms with Gasteiger partial charge in [0.15, 0.2) is 17.3 Å². The van der Waals surface area contributed by atoms with Crippen molar-refractivity contribution in [3.05, 3.63) is 70.9 Å². The van der Waals surface area contributed by atoms with Crippen LogP contribution in [-0.4, -0.2) is 34.8 Å². The minimum absolute atomic E-state index is 0.0189. The van der Waals surface area contributed by atoms with E-state index in [0.717, 1.165) is 5.56 Å². The fourth-order valence-corrected chi connectivity index (χ4v) is 4.59. The number of Topliss-reactive ketones (excluding diaryl/α,β-unsaturated/α-hetero) is 1. The van der Waals surface area contributed by atoms with Crippen molar-refractivity contribution in [3.63, 3.8) is 0 Å². The van der Waals surface area contributed by atoms with Crippen molar-refractivity contribution >= 4 is 17.5 Å². The molecule has 4 rings (SSSR count). The third kappa shape index (κ3) is 3.38. The highest BCUT2D eigenvalue weighted by Crippen LogP contribution is 2.47. The zero-order chi connectivity index (χ0) is 21.4. The lowest BCUT2D eigenvalue weighted by Crippen LogP contribution is -2.37. The molecule has 2 aromatic carbocycles. The maximum absolute atomic E-state index is 13.3. The first-order valence-corrected chi connectivity index (χ1v) is 9.86. The van der Waals surface area contributed by atoms with Gasteiger partial charge in [-0.2, -0.15) is 0 Å². The molecule has 0 saturated carbocycles. The number of phenols is 1. The Kier molecular flexibility index (Phi) is 5.16. The molecule has 1 heterocycles. The van der Waals surface area contributed by atoms with Crippen molar-refractivity contribution in [3.8, 4) is 11.5 Å². The van der Waals surface area contributed by atoms with Crippen LogP contribution in [0.5, 0.6) is 11.5 Å². The summed E-state index contributed by atoms with van der Waals surface area (Å²) < 4.78 is 5.21. The first kappa shape index (κ1) is 19.9. The molecule has 1 aliphatic carbocycles. The molecular weight excluding hydrogens is 382 g/mol. The summed E-state index contributed by atoms with van der Waals surface area (Å²) >= 11 is 0. The summed E-state index contributed by atoms with van der Waals surface area (Å²) in [5, 5.41) is 19.9. The number of ketones is 1. The highest BCUT2D eigenvalue weighted by atomic mass is 16.5. The van der Waals surface area contributed by atoms with Gasteiger partial charge >= 0.3 is 5.97 Å². The molecule has 30 heavy (non-hydrogen) atoms. The predicted octanol–water partition coefficient (Wildman–Crippen LogP) is 4.06. The number of carbonyl (C=O) groups excluding carboxylic acids is 1. The number of aliphatic imine (C=N–C) groups is 1. The molecule has 0 saturated heterocycles. The van der Waals surface area contributed by atoms with Crippen LogP contribution in [0.2, 0.25) is 0 Å². The van der Waals surface area contributed by atoms with E-state index in [4.69, 9.17) is 4.74 Å². The number of aromatic hydroxyl groups is 1. The van der Waals surface area contributed by atoms with Crippen LogP contribution in [0.3, 0.4) is 0 Å². The molecule has 0 radical (unpaired) electrons. The number of methoxy groups -OCH3 is 1. The average molecular weight is 405 g/mol. The van der Waals surface area contributed by atoms with Gasteiger partial charge in [-0.15, -0.1) is 0 Å². The summed E-state index contributed by atoms with van der Waals surface area (Å²) in [5.74, 6) is -2.51. The van der Waals surface area contributed by atoms with Gasteiger partial charge < -0.3 is 14.9 Å². The smallest absolute Gasteiger partial charge is 0.313 e. The summed E-state index contributed by atoms with van der Waals surface area (Å²) in [6.07, 6.45) is 0.899. The van der Waals surface area contributed by atoms with Crippen LogP contribution in [-0.2, 0) is 9.59 Å². The van der Waals surface area contributed by atoms with Gasteiger partial charge in [-0.3, -0.25) is 14.6 Å². The molecule has 2 aliphatic rings. The fourth-order valence-electron chi connectivity index (χ4n) is 4.59. The zero-order valence-electron chi connectivity index (χ0n) is 16.8. The van der Waals surface area contributed by atoms with E-state index in [2.05, 4.69) is 4.99 Å². The Morgan fingerprint density at radius 3 is 2.50 bits per heavy atom. The Balaban J connectivity index is 1.83. The molecule has 2 aromatic rings. The van der Waals surface area contributed by atoms with Gasteiger partial charge in [-0.25, -0.2) is 0 Å². The van der Waals surface area contributed by atoms with Crippen molar-refractivity contribution in [1.29, 1.82) is 0 Å². The largest absolute Gasteiger partial charge is 0.504 e. The minimum Gasteiger partial charge on any atom is -0.504 e. The Morgan fingerprint density at radius 2 is 1.83 bits per heavy atom. The van der Waals surface area contributed by atoms with E-state index in [-0.39, 0.29) is 23.2 Å². The number of rotatable bonds is 4. The van der Waals surface area contributed by atoms with E-state index in [9.17, 15) is 19.8 Å². The lowest BCUT2D eigenvalue weighted by molar-refractivity contribution is -0.139. The molecular formula is C24H23NO5. The minimum atomic E-state index is -1.03. The third-order valence-electron chi connectivity index (χ3n) is 5.99. The van der Waals surface area contributed by atoms with Crippen LogP contribution in [0.1, 0.15) is 42.7 Å². The number of ether oxygens (including phenoxy) is 1. The second-order valence-corrected chi connectivity index (χ2v) is 7.78. The highest BCUT2D eigenvalue weighted by Gasteiger charge is 2.44. The molecule has 6 nitrogen and oxygen atoms in total. The first-order chi connectivity index (χ1) is 14.4. The molecule has 0 fully saturated rings. The predicted molar refractivity (Wildman–Crippen MR) is 112 cm³/mol. The van der Waals surface area contributed by atoms with Crippen LogP contribution in [0, 0.1) is 5.92 Å². The van der Waals surface area contributed by atoms with E-state index in [1.807, 2.05) is 30.3 Å². The van der Waals surface area contributed by atoms with Gasteiger partial charge in [-0.05, 0) is 42.5 Å². The Hall–Kier alpha value is -3.41. The number of aliphatic carboxylic acids is 1. The molecule has 0 aromatic heterocycles. The number of carboxylic acids is 1. The van der Waals surface area contributed by atoms with Gasteiger partial charge in [0.05, 0.1) is 7.11 Å². The van der Waals surface area contributed by atoms with Crippen molar-refractivity contribution < 1.29 is 24.5 Å². The summed E-state index contributed by atoms with van der Waals surface area (Å²) in [7, 11) is 1.43. The summed E-state index contributed by atoms with van der Waals surface area (Å²) in [6.45, 7) is 1.70. The van der Waals surface area contributed by atoms with Crippen molar-refractivity contribution in [2.75, 3.05) is 7.11 Å². The maximum Gasteiger partial charge on any atom is 0.313 e. The van der Waals surface area contributed by atoms with Crippen LogP contribution in [0.15, 0.2) is 64.8 Å². The van der Waals surface area contributed by atoms with Crippen molar-refractivity contribution in [1.82, 2.24) is 0 Å². The third-order valence-corrected chi connectivity index (χ3v) is 5.99. The molecule has 0 amide bonds. The van der Waals surface area contributed by atoms with Gasteiger partial charge in [-0.1, -0.05) is 36.4 Å². The molecule has 2 N–H and O–H groups in total. The average Bonchev–Trinajstić information content (AvgIpc) is 2.73. The monoisotopic (exact) mass is 405 g/mol. The molecule has 0 bridgehead atoms. The molecule has 1 aliphatic heterocycles. The molecule has 3 unspecified atom stereocenters. The van der Waals surface area contributed by atoms with Crippen molar-refractivity contribution in [2.45, 2.75) is 31.6 Å². The standard InChI is InChI=1S/C24H23NO5/c1-13-21(24(28)29)22(15-8-9-18(26)20(12-15)30-2)23-17(25-13)10-16(11-19(23)27)14-6-4-3-5-7-14/h3-9,12,16,21-22,26H,10-11H2,1-2H3,(H,28,29). The summed E-state index contributed by atoms with van der Waals surface area (Å²) in [5.41, 5.74) is 3.29. The topological polar surface area (TPSA) is 96.2 Å². The van der Waals surface area contributed by atoms with Gasteiger partial charge in [0, 0.05) is 29.3 Å².